The highest BCUT2D eigenvalue weighted by atomic mass is 19.1. The van der Waals surface area contributed by atoms with E-state index in [1.807, 2.05) is 0 Å². The Balaban J connectivity index is 2.07. The number of benzene rings is 1. The number of likely N-dealkylation sites (N-methyl/N-ethyl adjacent to an activating group) is 1. The van der Waals surface area contributed by atoms with Crippen LogP contribution in [0.3, 0.4) is 0 Å². The Morgan fingerprint density at radius 3 is 2.44 bits per heavy atom. The molecule has 1 aromatic carbocycles. The van der Waals surface area contributed by atoms with Gasteiger partial charge in [0.25, 0.3) is 0 Å². The highest BCUT2D eigenvalue weighted by Crippen LogP contribution is 2.16. The maximum atomic E-state index is 12.8. The number of carbonyl (C=O) groups excluding carboxylic acids is 2. The molecule has 2 N–H and O–H groups in total. The summed E-state index contributed by atoms with van der Waals surface area (Å²) in [6.07, 6.45) is 0. The van der Waals surface area contributed by atoms with Gasteiger partial charge in [-0.3, -0.25) is 9.69 Å². The molecule has 1 unspecified atom stereocenters. The van der Waals surface area contributed by atoms with Crippen molar-refractivity contribution in [3.8, 4) is 0 Å². The zero-order valence-electron chi connectivity index (χ0n) is 9.97. The first kappa shape index (κ1) is 12.5. The fraction of sp³-hybridized carbons (Fsp3) is 0.333. The third-order valence-corrected chi connectivity index (χ3v) is 2.91. The molecular formula is C12H14FN3O2. The van der Waals surface area contributed by atoms with Crippen LogP contribution in [0.1, 0.15) is 11.6 Å². The van der Waals surface area contributed by atoms with Gasteiger partial charge in [0.1, 0.15) is 12.4 Å². The van der Waals surface area contributed by atoms with E-state index in [0.717, 1.165) is 4.90 Å². The number of halogens is 1. The second kappa shape index (κ2) is 4.73. The summed E-state index contributed by atoms with van der Waals surface area (Å²) in [7, 11) is 1.56. The summed E-state index contributed by atoms with van der Waals surface area (Å²) in [6, 6.07) is 4.84. The predicted octanol–water partition coefficient (Wildman–Crippen LogP) is 0.720. The third kappa shape index (κ3) is 2.33. The molecule has 0 saturated carbocycles. The zero-order valence-corrected chi connectivity index (χ0v) is 9.97. The van der Waals surface area contributed by atoms with Gasteiger partial charge in [-0.05, 0) is 17.7 Å². The molecule has 1 saturated heterocycles. The number of amides is 3. The highest BCUT2D eigenvalue weighted by Gasteiger charge is 2.34. The van der Waals surface area contributed by atoms with E-state index in [4.69, 9.17) is 5.73 Å². The Labute approximate surface area is 104 Å². The summed E-state index contributed by atoms with van der Waals surface area (Å²) < 4.78 is 12.8. The van der Waals surface area contributed by atoms with E-state index in [9.17, 15) is 14.0 Å². The number of hydrogen-bond donors (Lipinski definition) is 1. The van der Waals surface area contributed by atoms with E-state index < -0.39 is 6.04 Å². The number of nitrogens with two attached hydrogens (primary N) is 1. The summed E-state index contributed by atoms with van der Waals surface area (Å²) in [6.45, 7) is 0.183. The molecule has 0 aliphatic carbocycles. The van der Waals surface area contributed by atoms with Crippen molar-refractivity contribution >= 4 is 11.9 Å². The van der Waals surface area contributed by atoms with Crippen LogP contribution >= 0.6 is 0 Å². The average Bonchev–Trinajstić information content (AvgIpc) is 2.57. The van der Waals surface area contributed by atoms with Gasteiger partial charge < -0.3 is 10.6 Å². The van der Waals surface area contributed by atoms with Crippen molar-refractivity contribution < 1.29 is 14.0 Å². The van der Waals surface area contributed by atoms with Gasteiger partial charge in [0, 0.05) is 19.6 Å². The van der Waals surface area contributed by atoms with E-state index in [2.05, 4.69) is 0 Å². The lowest BCUT2D eigenvalue weighted by atomic mass is 10.1. The molecule has 0 spiro atoms. The van der Waals surface area contributed by atoms with Crippen LogP contribution in [0.15, 0.2) is 24.3 Å². The standard InChI is InChI=1S/C12H14FN3O2/c1-15-7-11(17)16(12(15)18)6-10(14)8-2-4-9(13)5-3-8/h2-5,10H,6-7,14H2,1H3. The monoisotopic (exact) mass is 251 g/mol. The first-order valence-corrected chi connectivity index (χ1v) is 5.55. The first-order chi connectivity index (χ1) is 8.49. The maximum Gasteiger partial charge on any atom is 0.327 e. The molecule has 6 heteroatoms. The third-order valence-electron chi connectivity index (χ3n) is 2.91. The molecule has 1 heterocycles. The molecule has 96 valence electrons. The second-order valence-corrected chi connectivity index (χ2v) is 4.30. The molecule has 1 atom stereocenters. The number of carbonyl (C=O) groups is 2. The van der Waals surface area contributed by atoms with Crippen LogP contribution in [-0.4, -0.2) is 41.9 Å². The van der Waals surface area contributed by atoms with Crippen molar-refractivity contribution in [2.75, 3.05) is 20.1 Å². The number of rotatable bonds is 3. The smallest absolute Gasteiger partial charge is 0.322 e. The largest absolute Gasteiger partial charge is 0.327 e. The van der Waals surface area contributed by atoms with E-state index in [1.54, 1.807) is 19.2 Å². The normalized spacial score (nSPS) is 17.5. The number of hydrogen-bond acceptors (Lipinski definition) is 3. The Bertz CT molecular complexity index is 475. The van der Waals surface area contributed by atoms with Crippen molar-refractivity contribution in [2.45, 2.75) is 6.04 Å². The van der Waals surface area contributed by atoms with Crippen molar-refractivity contribution in [3.63, 3.8) is 0 Å². The van der Waals surface area contributed by atoms with Crippen molar-refractivity contribution in [1.29, 1.82) is 0 Å². The molecule has 0 aromatic heterocycles. The van der Waals surface area contributed by atoms with Gasteiger partial charge in [-0.15, -0.1) is 0 Å². The number of nitrogens with zero attached hydrogens (tertiary/aromatic N) is 2. The molecule has 1 aliphatic rings. The summed E-state index contributed by atoms with van der Waals surface area (Å²) in [5, 5.41) is 0. The summed E-state index contributed by atoms with van der Waals surface area (Å²) >= 11 is 0. The summed E-state index contributed by atoms with van der Waals surface area (Å²) in [5.41, 5.74) is 6.59. The van der Waals surface area contributed by atoms with Crippen LogP contribution in [0, 0.1) is 5.82 Å². The van der Waals surface area contributed by atoms with Gasteiger partial charge in [-0.1, -0.05) is 12.1 Å². The number of urea groups is 1. The molecule has 3 amide bonds. The van der Waals surface area contributed by atoms with Gasteiger partial charge in [-0.25, -0.2) is 9.18 Å². The van der Waals surface area contributed by atoms with Gasteiger partial charge in [0.2, 0.25) is 5.91 Å². The van der Waals surface area contributed by atoms with Crippen LogP contribution < -0.4 is 5.73 Å². The summed E-state index contributed by atoms with van der Waals surface area (Å²) in [5.74, 6) is -0.612. The molecule has 5 nitrogen and oxygen atoms in total. The van der Waals surface area contributed by atoms with E-state index in [1.165, 1.54) is 17.0 Å². The van der Waals surface area contributed by atoms with E-state index in [0.29, 0.717) is 5.56 Å². The van der Waals surface area contributed by atoms with Crippen LogP contribution in [0.5, 0.6) is 0 Å². The van der Waals surface area contributed by atoms with E-state index in [-0.39, 0.29) is 30.8 Å². The highest BCUT2D eigenvalue weighted by molar-refractivity contribution is 6.01. The van der Waals surface area contributed by atoms with Gasteiger partial charge >= 0.3 is 6.03 Å². The molecule has 1 fully saturated rings. The minimum absolute atomic E-state index is 0.0783. The fourth-order valence-corrected chi connectivity index (χ4v) is 1.86. The molecule has 1 aromatic rings. The van der Waals surface area contributed by atoms with Gasteiger partial charge in [0.15, 0.2) is 0 Å². The second-order valence-electron chi connectivity index (χ2n) is 4.30. The lowest BCUT2D eigenvalue weighted by Gasteiger charge is -2.19. The summed E-state index contributed by atoms with van der Waals surface area (Å²) in [4.78, 5) is 25.7. The SMILES string of the molecule is CN1CC(=O)N(CC(N)c2ccc(F)cc2)C1=O. The average molecular weight is 251 g/mol. The molecule has 0 radical (unpaired) electrons. The lowest BCUT2D eigenvalue weighted by Crippen LogP contribution is -2.37. The van der Waals surface area contributed by atoms with Crippen molar-refractivity contribution in [1.82, 2.24) is 9.80 Å². The fourth-order valence-electron chi connectivity index (χ4n) is 1.86. The van der Waals surface area contributed by atoms with Gasteiger partial charge in [-0.2, -0.15) is 0 Å². The lowest BCUT2D eigenvalue weighted by molar-refractivity contribution is -0.125. The molecular weight excluding hydrogens is 237 g/mol. The van der Waals surface area contributed by atoms with Crippen molar-refractivity contribution in [3.05, 3.63) is 35.6 Å². The van der Waals surface area contributed by atoms with Crippen LogP contribution in [0.2, 0.25) is 0 Å². The van der Waals surface area contributed by atoms with Crippen LogP contribution in [0.4, 0.5) is 9.18 Å². The quantitative estimate of drug-likeness (QED) is 0.805. The minimum atomic E-state index is -0.509. The Hall–Kier alpha value is -1.95. The first-order valence-electron chi connectivity index (χ1n) is 5.55. The van der Waals surface area contributed by atoms with E-state index >= 15 is 0 Å². The minimum Gasteiger partial charge on any atom is -0.322 e. The van der Waals surface area contributed by atoms with Gasteiger partial charge in [0.05, 0.1) is 0 Å². The Morgan fingerprint density at radius 2 is 1.94 bits per heavy atom. The molecule has 2 rings (SSSR count). The molecule has 18 heavy (non-hydrogen) atoms. The Kier molecular flexibility index (Phi) is 3.29. The number of imide groups is 1. The predicted molar refractivity (Wildman–Crippen MR) is 63.1 cm³/mol. The van der Waals surface area contributed by atoms with Crippen LogP contribution in [-0.2, 0) is 4.79 Å². The van der Waals surface area contributed by atoms with Crippen molar-refractivity contribution in [2.24, 2.45) is 5.73 Å². The maximum absolute atomic E-state index is 12.8. The topological polar surface area (TPSA) is 66.6 Å². The molecule has 0 bridgehead atoms. The zero-order chi connectivity index (χ0) is 13.3. The molecule has 1 aliphatic heterocycles. The van der Waals surface area contributed by atoms with Crippen LogP contribution in [0.25, 0.3) is 0 Å². The Morgan fingerprint density at radius 1 is 1.33 bits per heavy atom.